The van der Waals surface area contributed by atoms with E-state index >= 15 is 0 Å². The van der Waals surface area contributed by atoms with E-state index in [0.29, 0.717) is 19.0 Å². The second-order valence-electron chi connectivity index (χ2n) is 4.24. The van der Waals surface area contributed by atoms with Crippen LogP contribution in [0.3, 0.4) is 0 Å². The van der Waals surface area contributed by atoms with Crippen LogP contribution in [0.1, 0.15) is 24.8 Å². The summed E-state index contributed by atoms with van der Waals surface area (Å²) in [6.45, 7) is 0.632. The number of nitrogens with one attached hydrogen (secondary N) is 2. The minimum absolute atomic E-state index is 0.119. The molecule has 1 aromatic carbocycles. The van der Waals surface area contributed by atoms with Crippen LogP contribution in [0.4, 0.5) is 5.69 Å². The maximum absolute atomic E-state index is 11.4. The van der Waals surface area contributed by atoms with E-state index < -0.39 is 0 Å². The lowest BCUT2D eigenvalue weighted by molar-refractivity contribution is -0.120. The Morgan fingerprint density at radius 2 is 2.29 bits per heavy atom. The summed E-state index contributed by atoms with van der Waals surface area (Å²) in [6.07, 6.45) is 8.07. The van der Waals surface area contributed by atoms with Gasteiger partial charge in [0.2, 0.25) is 5.91 Å². The van der Waals surface area contributed by atoms with Crippen molar-refractivity contribution in [2.75, 3.05) is 11.9 Å². The number of benzene rings is 1. The predicted molar refractivity (Wildman–Crippen MR) is 68.6 cm³/mol. The van der Waals surface area contributed by atoms with Gasteiger partial charge in [-0.3, -0.25) is 4.79 Å². The third kappa shape index (κ3) is 3.84. The third-order valence-electron chi connectivity index (χ3n) is 2.65. The molecular weight excluding hydrogens is 212 g/mol. The van der Waals surface area contributed by atoms with Crippen molar-refractivity contribution in [3.8, 4) is 12.3 Å². The molecule has 1 aromatic rings. The Morgan fingerprint density at radius 1 is 1.47 bits per heavy atom. The van der Waals surface area contributed by atoms with E-state index in [9.17, 15) is 4.79 Å². The van der Waals surface area contributed by atoms with E-state index in [-0.39, 0.29) is 5.91 Å². The van der Waals surface area contributed by atoms with E-state index in [2.05, 4.69) is 16.6 Å². The summed E-state index contributed by atoms with van der Waals surface area (Å²) in [5.74, 6) is 2.70. The molecule has 0 unspecified atom stereocenters. The van der Waals surface area contributed by atoms with Gasteiger partial charge in [0.1, 0.15) is 0 Å². The first kappa shape index (κ1) is 11.5. The minimum Gasteiger partial charge on any atom is -0.384 e. The van der Waals surface area contributed by atoms with E-state index in [4.69, 9.17) is 6.42 Å². The fourth-order valence-electron chi connectivity index (χ4n) is 1.57. The number of carbonyl (C=O) groups excluding carboxylic acids is 1. The fraction of sp³-hybridized carbons (Fsp3) is 0.357. The van der Waals surface area contributed by atoms with Gasteiger partial charge in [-0.2, -0.15) is 0 Å². The number of terminal acetylenes is 1. The van der Waals surface area contributed by atoms with Gasteiger partial charge in [0, 0.05) is 30.3 Å². The largest absolute Gasteiger partial charge is 0.384 e. The summed E-state index contributed by atoms with van der Waals surface area (Å²) in [7, 11) is 0. The van der Waals surface area contributed by atoms with E-state index in [1.165, 1.54) is 0 Å². The average Bonchev–Trinajstić information content (AvgIpc) is 3.13. The van der Waals surface area contributed by atoms with Gasteiger partial charge in [-0.25, -0.2) is 0 Å². The molecule has 3 nitrogen and oxygen atoms in total. The average molecular weight is 228 g/mol. The molecule has 0 atom stereocenters. The van der Waals surface area contributed by atoms with Crippen molar-refractivity contribution >= 4 is 11.6 Å². The van der Waals surface area contributed by atoms with Crippen molar-refractivity contribution in [2.24, 2.45) is 0 Å². The molecule has 88 valence electrons. The molecule has 17 heavy (non-hydrogen) atoms. The molecule has 2 rings (SSSR count). The van der Waals surface area contributed by atoms with Crippen LogP contribution in [-0.4, -0.2) is 18.5 Å². The van der Waals surface area contributed by atoms with Crippen molar-refractivity contribution in [1.29, 1.82) is 0 Å². The molecule has 2 N–H and O–H groups in total. The molecule has 0 aliphatic heterocycles. The Balaban J connectivity index is 1.73. The summed E-state index contributed by atoms with van der Waals surface area (Å²) < 4.78 is 0. The van der Waals surface area contributed by atoms with Gasteiger partial charge < -0.3 is 10.6 Å². The molecular formula is C14H16N2O. The number of amides is 1. The van der Waals surface area contributed by atoms with Gasteiger partial charge >= 0.3 is 0 Å². The van der Waals surface area contributed by atoms with Crippen LogP contribution in [0.15, 0.2) is 24.3 Å². The van der Waals surface area contributed by atoms with E-state index in [1.54, 1.807) is 0 Å². The third-order valence-corrected chi connectivity index (χ3v) is 2.65. The molecule has 1 aliphatic rings. The van der Waals surface area contributed by atoms with Gasteiger partial charge in [0.15, 0.2) is 0 Å². The number of hydrogen-bond donors (Lipinski definition) is 2. The smallest absolute Gasteiger partial charge is 0.221 e. The molecule has 1 amide bonds. The normalized spacial score (nSPS) is 13.8. The molecule has 0 radical (unpaired) electrons. The van der Waals surface area contributed by atoms with Gasteiger partial charge in [-0.05, 0) is 31.0 Å². The molecule has 0 saturated heterocycles. The number of carbonyl (C=O) groups is 1. The van der Waals surface area contributed by atoms with Crippen molar-refractivity contribution in [3.05, 3.63) is 29.8 Å². The van der Waals surface area contributed by atoms with Crippen molar-refractivity contribution < 1.29 is 4.79 Å². The Hall–Kier alpha value is -1.95. The highest BCUT2D eigenvalue weighted by molar-refractivity contribution is 5.77. The first-order valence-electron chi connectivity index (χ1n) is 5.88. The second-order valence-corrected chi connectivity index (χ2v) is 4.24. The Bertz CT molecular complexity index is 444. The van der Waals surface area contributed by atoms with Gasteiger partial charge in [-0.15, -0.1) is 6.42 Å². The molecule has 1 saturated carbocycles. The van der Waals surface area contributed by atoms with Crippen molar-refractivity contribution in [1.82, 2.24) is 5.32 Å². The minimum atomic E-state index is 0.119. The topological polar surface area (TPSA) is 41.1 Å². The molecule has 0 aromatic heterocycles. The molecule has 0 heterocycles. The Morgan fingerprint density at radius 3 is 3.00 bits per heavy atom. The maximum Gasteiger partial charge on any atom is 0.221 e. The monoisotopic (exact) mass is 228 g/mol. The zero-order chi connectivity index (χ0) is 12.1. The van der Waals surface area contributed by atoms with Crippen molar-refractivity contribution in [2.45, 2.75) is 25.3 Å². The maximum atomic E-state index is 11.4. The first-order valence-corrected chi connectivity index (χ1v) is 5.88. The van der Waals surface area contributed by atoms with Crippen LogP contribution in [0.2, 0.25) is 0 Å². The summed E-state index contributed by atoms with van der Waals surface area (Å²) in [4.78, 5) is 11.4. The Kier molecular flexibility index (Phi) is 3.66. The first-order chi connectivity index (χ1) is 8.28. The second kappa shape index (κ2) is 5.40. The highest BCUT2D eigenvalue weighted by Crippen LogP contribution is 2.18. The molecule has 1 fully saturated rings. The number of hydrogen-bond acceptors (Lipinski definition) is 2. The highest BCUT2D eigenvalue weighted by Gasteiger charge is 2.22. The van der Waals surface area contributed by atoms with Gasteiger partial charge in [0.05, 0.1) is 0 Å². The molecule has 0 spiro atoms. The van der Waals surface area contributed by atoms with E-state index in [0.717, 1.165) is 24.1 Å². The van der Waals surface area contributed by atoms with Crippen LogP contribution in [0.25, 0.3) is 0 Å². The molecule has 3 heteroatoms. The van der Waals surface area contributed by atoms with Gasteiger partial charge in [0.25, 0.3) is 0 Å². The predicted octanol–water partition coefficient (Wildman–Crippen LogP) is 1.75. The molecule has 0 bridgehead atoms. The van der Waals surface area contributed by atoms with Crippen molar-refractivity contribution in [3.63, 3.8) is 0 Å². The highest BCUT2D eigenvalue weighted by atomic mass is 16.1. The lowest BCUT2D eigenvalue weighted by Crippen LogP contribution is -2.27. The fourth-order valence-corrected chi connectivity index (χ4v) is 1.57. The zero-order valence-corrected chi connectivity index (χ0v) is 9.70. The standard InChI is InChI=1S/C14H16N2O/c1-2-11-4-3-5-13(10-11)15-9-8-14(17)16-12-6-7-12/h1,3-5,10,12,15H,6-9H2,(H,16,17). The zero-order valence-electron chi connectivity index (χ0n) is 9.70. The van der Waals surface area contributed by atoms with E-state index in [1.807, 2.05) is 24.3 Å². The number of anilines is 1. The van der Waals surface area contributed by atoms with Crippen LogP contribution in [0, 0.1) is 12.3 Å². The SMILES string of the molecule is C#Cc1cccc(NCCC(=O)NC2CC2)c1. The van der Waals surface area contributed by atoms with Gasteiger partial charge in [-0.1, -0.05) is 12.0 Å². The summed E-state index contributed by atoms with van der Waals surface area (Å²) >= 11 is 0. The summed E-state index contributed by atoms with van der Waals surface area (Å²) in [5, 5.41) is 6.14. The van der Waals surface area contributed by atoms with Crippen LogP contribution < -0.4 is 10.6 Å². The Labute approximate surface area is 102 Å². The van der Waals surface area contributed by atoms with Crippen LogP contribution >= 0.6 is 0 Å². The van der Waals surface area contributed by atoms with Crippen LogP contribution in [-0.2, 0) is 4.79 Å². The number of rotatable bonds is 5. The quantitative estimate of drug-likeness (QED) is 0.754. The summed E-state index contributed by atoms with van der Waals surface area (Å²) in [6, 6.07) is 8.07. The lowest BCUT2D eigenvalue weighted by atomic mass is 10.2. The lowest BCUT2D eigenvalue weighted by Gasteiger charge is -2.07. The van der Waals surface area contributed by atoms with Crippen LogP contribution in [0.5, 0.6) is 0 Å². The molecule has 1 aliphatic carbocycles. The summed E-state index contributed by atoms with van der Waals surface area (Å²) in [5.41, 5.74) is 1.80.